The van der Waals surface area contributed by atoms with Crippen molar-refractivity contribution in [3.05, 3.63) is 105 Å². The summed E-state index contributed by atoms with van der Waals surface area (Å²) in [4.78, 5) is 19.0. The number of carbonyl (C=O) groups excluding carboxylic acids is 1. The van der Waals surface area contributed by atoms with E-state index in [0.717, 1.165) is 23.2 Å². The average molecular weight is 421 g/mol. The van der Waals surface area contributed by atoms with Crippen molar-refractivity contribution in [3.8, 4) is 0 Å². The monoisotopic (exact) mass is 420 g/mol. The van der Waals surface area contributed by atoms with E-state index in [9.17, 15) is 4.79 Å². The highest BCUT2D eigenvalue weighted by atomic mass is 35.5. The average Bonchev–Trinajstić information content (AvgIpc) is 3.14. The maximum Gasteiger partial charge on any atom is 0.254 e. The molecule has 3 aromatic carbocycles. The van der Waals surface area contributed by atoms with Crippen LogP contribution in [-0.4, -0.2) is 22.3 Å². The molecule has 0 aliphatic carbocycles. The van der Waals surface area contributed by atoms with Crippen molar-refractivity contribution in [2.45, 2.75) is 12.5 Å². The molecule has 0 bridgehead atoms. The highest BCUT2D eigenvalue weighted by Gasteiger charge is 2.34. The van der Waals surface area contributed by atoms with Crippen molar-refractivity contribution in [1.82, 2.24) is 9.88 Å². The van der Waals surface area contributed by atoms with Gasteiger partial charge in [0.25, 0.3) is 5.91 Å². The van der Waals surface area contributed by atoms with Gasteiger partial charge in [-0.2, -0.15) is 0 Å². The summed E-state index contributed by atoms with van der Waals surface area (Å²) in [6, 6.07) is 23.3. The number of fused-ring (bicyclic) bond motifs is 3. The predicted molar refractivity (Wildman–Crippen MR) is 118 cm³/mol. The summed E-state index contributed by atoms with van der Waals surface area (Å²) in [6.07, 6.45) is 0.801. The molecule has 1 N–H and O–H groups in total. The van der Waals surface area contributed by atoms with Crippen LogP contribution in [0, 0.1) is 0 Å². The highest BCUT2D eigenvalue weighted by molar-refractivity contribution is 6.42. The van der Waals surface area contributed by atoms with Gasteiger partial charge >= 0.3 is 0 Å². The minimum Gasteiger partial charge on any atom is -0.356 e. The van der Waals surface area contributed by atoms with E-state index in [1.165, 1.54) is 10.9 Å². The molecule has 0 radical (unpaired) electrons. The largest absolute Gasteiger partial charge is 0.356 e. The fraction of sp³-hybridized carbons (Fsp3) is 0.125. The number of nitrogens with zero attached hydrogens (tertiary/aromatic N) is 1. The Morgan fingerprint density at radius 3 is 2.48 bits per heavy atom. The number of para-hydroxylation sites is 1. The topological polar surface area (TPSA) is 36.1 Å². The molecule has 144 valence electrons. The van der Waals surface area contributed by atoms with Gasteiger partial charge in [-0.25, -0.2) is 0 Å². The number of amides is 1. The van der Waals surface area contributed by atoms with E-state index in [1.807, 2.05) is 29.2 Å². The van der Waals surface area contributed by atoms with Crippen molar-refractivity contribution >= 4 is 40.0 Å². The van der Waals surface area contributed by atoms with Crippen LogP contribution < -0.4 is 0 Å². The molecule has 0 fully saturated rings. The molecule has 4 aromatic rings. The fourth-order valence-corrected chi connectivity index (χ4v) is 4.53. The zero-order valence-electron chi connectivity index (χ0n) is 15.5. The SMILES string of the molecule is O=C(c1ccc(Cl)c(Cl)c1)N1CCc2c([nH]c3ccccc23)[C@@H]1c1ccccc1. The fourth-order valence-electron chi connectivity index (χ4n) is 4.24. The van der Waals surface area contributed by atoms with Crippen molar-refractivity contribution in [3.63, 3.8) is 0 Å². The van der Waals surface area contributed by atoms with E-state index in [2.05, 4.69) is 35.3 Å². The van der Waals surface area contributed by atoms with Crippen LogP contribution in [0.25, 0.3) is 10.9 Å². The van der Waals surface area contributed by atoms with Gasteiger partial charge in [0.05, 0.1) is 16.1 Å². The quantitative estimate of drug-likeness (QED) is 0.407. The zero-order chi connectivity index (χ0) is 20.0. The lowest BCUT2D eigenvalue weighted by Crippen LogP contribution is -2.40. The number of carbonyl (C=O) groups is 1. The van der Waals surface area contributed by atoms with E-state index >= 15 is 0 Å². The van der Waals surface area contributed by atoms with E-state index in [0.29, 0.717) is 22.2 Å². The number of nitrogens with one attached hydrogen (secondary N) is 1. The van der Waals surface area contributed by atoms with Crippen LogP contribution in [-0.2, 0) is 6.42 Å². The standard InChI is InChI=1S/C24H18Cl2N2O/c25-19-11-10-16(14-20(19)26)24(29)28-13-12-18-17-8-4-5-9-21(17)27-22(18)23(28)15-6-2-1-3-7-15/h1-11,14,23,27H,12-13H2/t23-/m0/s1. The summed E-state index contributed by atoms with van der Waals surface area (Å²) in [5, 5.41) is 2.06. The summed E-state index contributed by atoms with van der Waals surface area (Å²) >= 11 is 12.2. The third-order valence-corrected chi connectivity index (χ3v) is 6.32. The Bertz CT molecular complexity index is 1220. The molecule has 5 rings (SSSR count). The van der Waals surface area contributed by atoms with Crippen LogP contribution in [0.4, 0.5) is 0 Å². The van der Waals surface area contributed by atoms with Gasteiger partial charge < -0.3 is 9.88 Å². The van der Waals surface area contributed by atoms with Crippen molar-refractivity contribution in [2.24, 2.45) is 0 Å². The van der Waals surface area contributed by atoms with E-state index < -0.39 is 0 Å². The number of rotatable bonds is 2. The molecule has 5 heteroatoms. The molecular weight excluding hydrogens is 403 g/mol. The molecule has 2 heterocycles. The molecule has 3 nitrogen and oxygen atoms in total. The molecule has 1 aliphatic rings. The lowest BCUT2D eigenvalue weighted by molar-refractivity contribution is 0.0692. The van der Waals surface area contributed by atoms with Crippen LogP contribution in [0.1, 0.15) is 33.2 Å². The Hall–Kier alpha value is -2.75. The molecule has 0 spiro atoms. The number of aromatic nitrogens is 1. The summed E-state index contributed by atoms with van der Waals surface area (Å²) < 4.78 is 0. The predicted octanol–water partition coefficient (Wildman–Crippen LogP) is 6.26. The van der Waals surface area contributed by atoms with Crippen LogP contribution in [0.15, 0.2) is 72.8 Å². The maximum absolute atomic E-state index is 13.5. The zero-order valence-corrected chi connectivity index (χ0v) is 17.0. The molecule has 1 aliphatic heterocycles. The lowest BCUT2D eigenvalue weighted by atomic mass is 9.91. The maximum atomic E-state index is 13.5. The molecule has 1 atom stereocenters. The summed E-state index contributed by atoms with van der Waals surface area (Å²) in [6.45, 7) is 0.632. The summed E-state index contributed by atoms with van der Waals surface area (Å²) in [7, 11) is 0. The van der Waals surface area contributed by atoms with Crippen molar-refractivity contribution < 1.29 is 4.79 Å². The second kappa shape index (κ2) is 7.25. The van der Waals surface area contributed by atoms with Gasteiger partial charge in [0.2, 0.25) is 0 Å². The Balaban J connectivity index is 1.65. The van der Waals surface area contributed by atoms with Crippen molar-refractivity contribution in [2.75, 3.05) is 6.54 Å². The normalized spacial score (nSPS) is 16.1. The number of halogens is 2. The van der Waals surface area contributed by atoms with Gasteiger partial charge in [-0.3, -0.25) is 4.79 Å². The van der Waals surface area contributed by atoms with Gasteiger partial charge in [0.15, 0.2) is 0 Å². The second-order valence-electron chi connectivity index (χ2n) is 7.25. The first kappa shape index (κ1) is 18.3. The van der Waals surface area contributed by atoms with Crippen LogP contribution in [0.3, 0.4) is 0 Å². The molecule has 1 amide bonds. The first-order valence-corrected chi connectivity index (χ1v) is 10.3. The Morgan fingerprint density at radius 2 is 1.69 bits per heavy atom. The number of benzene rings is 3. The van der Waals surface area contributed by atoms with Gasteiger partial charge in [-0.15, -0.1) is 0 Å². The Labute approximate surface area is 178 Å². The highest BCUT2D eigenvalue weighted by Crippen LogP contribution is 2.39. The Kier molecular flexibility index (Phi) is 4.57. The molecule has 1 aromatic heterocycles. The second-order valence-corrected chi connectivity index (χ2v) is 8.07. The number of hydrogen-bond donors (Lipinski definition) is 1. The number of aromatic amines is 1. The minimum absolute atomic E-state index is 0.0540. The van der Waals surface area contributed by atoms with Gasteiger partial charge in [0.1, 0.15) is 0 Å². The molecular formula is C24H18Cl2N2O. The molecule has 0 saturated carbocycles. The first-order chi connectivity index (χ1) is 14.1. The third-order valence-electron chi connectivity index (χ3n) is 5.58. The first-order valence-electron chi connectivity index (χ1n) is 9.54. The van der Waals surface area contributed by atoms with E-state index in [1.54, 1.807) is 18.2 Å². The van der Waals surface area contributed by atoms with Crippen LogP contribution in [0.2, 0.25) is 10.0 Å². The van der Waals surface area contributed by atoms with E-state index in [4.69, 9.17) is 23.2 Å². The van der Waals surface area contributed by atoms with Gasteiger partial charge in [-0.05, 0) is 41.8 Å². The summed E-state index contributed by atoms with van der Waals surface area (Å²) in [5.74, 6) is -0.0540. The molecule has 0 saturated heterocycles. The third kappa shape index (κ3) is 3.11. The molecule has 29 heavy (non-hydrogen) atoms. The summed E-state index contributed by atoms with van der Waals surface area (Å²) in [5.41, 5.74) is 5.08. The van der Waals surface area contributed by atoms with Crippen LogP contribution >= 0.6 is 23.2 Å². The smallest absolute Gasteiger partial charge is 0.254 e. The minimum atomic E-state index is -0.186. The lowest BCUT2D eigenvalue weighted by Gasteiger charge is -2.36. The number of hydrogen-bond acceptors (Lipinski definition) is 1. The van der Waals surface area contributed by atoms with Gasteiger partial charge in [0, 0.05) is 28.7 Å². The Morgan fingerprint density at radius 1 is 0.931 bits per heavy atom. The van der Waals surface area contributed by atoms with E-state index in [-0.39, 0.29) is 11.9 Å². The van der Waals surface area contributed by atoms with Gasteiger partial charge in [-0.1, -0.05) is 71.7 Å². The van der Waals surface area contributed by atoms with Crippen molar-refractivity contribution in [1.29, 1.82) is 0 Å². The number of H-pyrrole nitrogens is 1. The molecule has 0 unspecified atom stereocenters. The van der Waals surface area contributed by atoms with Crippen LogP contribution in [0.5, 0.6) is 0 Å².